The van der Waals surface area contributed by atoms with E-state index in [-0.39, 0.29) is 37.4 Å². The SMILES string of the molecule is Cl.Cl.NC1CCN(CC(F)F)CC1. The van der Waals surface area contributed by atoms with Crippen molar-refractivity contribution in [2.75, 3.05) is 19.6 Å². The van der Waals surface area contributed by atoms with Crippen molar-refractivity contribution in [3.05, 3.63) is 0 Å². The third-order valence-corrected chi connectivity index (χ3v) is 2.03. The Morgan fingerprint density at radius 3 is 2.08 bits per heavy atom. The summed E-state index contributed by atoms with van der Waals surface area (Å²) >= 11 is 0. The van der Waals surface area contributed by atoms with Gasteiger partial charge in [0.05, 0.1) is 6.54 Å². The van der Waals surface area contributed by atoms with E-state index in [2.05, 4.69) is 0 Å². The summed E-state index contributed by atoms with van der Waals surface area (Å²) in [5.74, 6) is 0. The van der Waals surface area contributed by atoms with E-state index in [9.17, 15) is 8.78 Å². The lowest BCUT2D eigenvalue weighted by molar-refractivity contribution is 0.0758. The smallest absolute Gasteiger partial charge is 0.251 e. The van der Waals surface area contributed by atoms with Gasteiger partial charge in [0.2, 0.25) is 0 Å². The second-order valence-corrected chi connectivity index (χ2v) is 3.03. The highest BCUT2D eigenvalue weighted by atomic mass is 35.5. The van der Waals surface area contributed by atoms with Crippen molar-refractivity contribution in [2.45, 2.75) is 25.3 Å². The fourth-order valence-electron chi connectivity index (χ4n) is 1.33. The van der Waals surface area contributed by atoms with Crippen LogP contribution in [0.3, 0.4) is 0 Å². The Morgan fingerprint density at radius 1 is 1.23 bits per heavy atom. The van der Waals surface area contributed by atoms with Gasteiger partial charge in [0.15, 0.2) is 0 Å². The standard InChI is InChI=1S/C7H14F2N2.2ClH/c8-7(9)5-11-3-1-6(10)2-4-11;;/h6-7H,1-5,10H2;2*1H. The van der Waals surface area contributed by atoms with E-state index in [4.69, 9.17) is 5.73 Å². The molecule has 1 aliphatic rings. The summed E-state index contributed by atoms with van der Waals surface area (Å²) in [4.78, 5) is 1.77. The molecule has 0 amide bonds. The van der Waals surface area contributed by atoms with Crippen molar-refractivity contribution in [1.82, 2.24) is 4.90 Å². The molecule has 1 aliphatic heterocycles. The average Bonchev–Trinajstić information content (AvgIpc) is 1.93. The summed E-state index contributed by atoms with van der Waals surface area (Å²) in [6, 6.07) is 0.226. The molecule has 1 rings (SSSR count). The van der Waals surface area contributed by atoms with Crippen LogP contribution in [0, 0.1) is 0 Å². The number of halogens is 4. The van der Waals surface area contributed by atoms with E-state index < -0.39 is 6.43 Å². The highest BCUT2D eigenvalue weighted by Gasteiger charge is 2.18. The Balaban J connectivity index is 0. The lowest BCUT2D eigenvalue weighted by atomic mass is 10.1. The molecule has 0 spiro atoms. The molecular weight excluding hydrogens is 221 g/mol. The molecule has 1 heterocycles. The van der Waals surface area contributed by atoms with E-state index in [1.54, 1.807) is 4.90 Å². The van der Waals surface area contributed by atoms with Crippen molar-refractivity contribution < 1.29 is 8.78 Å². The summed E-state index contributed by atoms with van der Waals surface area (Å²) in [6.07, 6.45) is -0.497. The molecule has 13 heavy (non-hydrogen) atoms. The predicted octanol–water partition coefficient (Wildman–Crippen LogP) is 1.52. The molecule has 6 heteroatoms. The minimum absolute atomic E-state index is 0. The van der Waals surface area contributed by atoms with Gasteiger partial charge in [-0.05, 0) is 25.9 Å². The van der Waals surface area contributed by atoms with E-state index in [0.717, 1.165) is 25.9 Å². The predicted molar refractivity (Wildman–Crippen MR) is 54.1 cm³/mol. The van der Waals surface area contributed by atoms with Crippen LogP contribution in [0.4, 0.5) is 8.78 Å². The van der Waals surface area contributed by atoms with Crippen molar-refractivity contribution >= 4 is 24.8 Å². The van der Waals surface area contributed by atoms with Crippen LogP contribution in [-0.2, 0) is 0 Å². The van der Waals surface area contributed by atoms with Crippen LogP contribution in [0.2, 0.25) is 0 Å². The summed E-state index contributed by atoms with van der Waals surface area (Å²) < 4.78 is 23.7. The summed E-state index contributed by atoms with van der Waals surface area (Å²) in [6.45, 7) is 1.36. The van der Waals surface area contributed by atoms with Crippen LogP contribution in [0.25, 0.3) is 0 Å². The van der Waals surface area contributed by atoms with E-state index >= 15 is 0 Å². The van der Waals surface area contributed by atoms with Crippen LogP contribution >= 0.6 is 24.8 Å². The minimum atomic E-state index is -2.20. The summed E-state index contributed by atoms with van der Waals surface area (Å²) in [7, 11) is 0. The average molecular weight is 237 g/mol. The molecule has 0 atom stereocenters. The van der Waals surface area contributed by atoms with Crippen molar-refractivity contribution in [3.8, 4) is 0 Å². The van der Waals surface area contributed by atoms with Gasteiger partial charge >= 0.3 is 0 Å². The largest absolute Gasteiger partial charge is 0.328 e. The van der Waals surface area contributed by atoms with Crippen LogP contribution in [0.5, 0.6) is 0 Å². The highest BCUT2D eigenvalue weighted by Crippen LogP contribution is 2.09. The van der Waals surface area contributed by atoms with Gasteiger partial charge in [-0.25, -0.2) is 8.78 Å². The minimum Gasteiger partial charge on any atom is -0.328 e. The molecule has 0 saturated carbocycles. The van der Waals surface area contributed by atoms with Crippen LogP contribution < -0.4 is 5.73 Å². The molecule has 0 aromatic heterocycles. The Labute approximate surface area is 89.7 Å². The van der Waals surface area contributed by atoms with Gasteiger partial charge in [0.1, 0.15) is 0 Å². The van der Waals surface area contributed by atoms with Crippen LogP contribution in [-0.4, -0.2) is 37.0 Å². The van der Waals surface area contributed by atoms with E-state index in [1.165, 1.54) is 0 Å². The first-order valence-electron chi connectivity index (χ1n) is 3.94. The number of hydrogen-bond acceptors (Lipinski definition) is 2. The fraction of sp³-hybridized carbons (Fsp3) is 1.00. The van der Waals surface area contributed by atoms with Crippen molar-refractivity contribution in [2.24, 2.45) is 5.73 Å². The molecule has 0 radical (unpaired) electrons. The molecule has 0 aliphatic carbocycles. The van der Waals surface area contributed by atoms with Gasteiger partial charge in [-0.3, -0.25) is 4.90 Å². The van der Waals surface area contributed by atoms with Gasteiger partial charge in [-0.1, -0.05) is 0 Å². The first-order chi connectivity index (χ1) is 5.18. The maximum absolute atomic E-state index is 11.8. The highest BCUT2D eigenvalue weighted by molar-refractivity contribution is 5.85. The first kappa shape index (κ1) is 15.8. The third kappa shape index (κ3) is 6.43. The van der Waals surface area contributed by atoms with Crippen molar-refractivity contribution in [1.29, 1.82) is 0 Å². The molecule has 0 bridgehead atoms. The topological polar surface area (TPSA) is 29.3 Å². The lowest BCUT2D eigenvalue weighted by Gasteiger charge is -2.29. The van der Waals surface area contributed by atoms with Gasteiger partial charge < -0.3 is 5.73 Å². The Kier molecular flexibility index (Phi) is 9.41. The van der Waals surface area contributed by atoms with Gasteiger partial charge in [-0.15, -0.1) is 24.8 Å². The Bertz CT molecular complexity index is 119. The van der Waals surface area contributed by atoms with E-state index in [0.29, 0.717) is 0 Å². The number of rotatable bonds is 2. The lowest BCUT2D eigenvalue weighted by Crippen LogP contribution is -2.41. The molecule has 1 fully saturated rings. The van der Waals surface area contributed by atoms with Crippen LogP contribution in [0.15, 0.2) is 0 Å². The number of likely N-dealkylation sites (tertiary alicyclic amines) is 1. The molecule has 82 valence electrons. The normalized spacial score (nSPS) is 19.4. The Hall–Kier alpha value is 0.360. The van der Waals surface area contributed by atoms with Gasteiger partial charge in [0.25, 0.3) is 6.43 Å². The van der Waals surface area contributed by atoms with Gasteiger partial charge in [-0.2, -0.15) is 0 Å². The molecule has 2 nitrogen and oxygen atoms in total. The van der Waals surface area contributed by atoms with Gasteiger partial charge in [0, 0.05) is 6.04 Å². The van der Waals surface area contributed by atoms with Crippen molar-refractivity contribution in [3.63, 3.8) is 0 Å². The maximum atomic E-state index is 11.8. The first-order valence-corrected chi connectivity index (χ1v) is 3.94. The Morgan fingerprint density at radius 2 is 1.69 bits per heavy atom. The molecule has 0 unspecified atom stereocenters. The fourth-order valence-corrected chi connectivity index (χ4v) is 1.33. The second kappa shape index (κ2) is 7.74. The number of piperidine rings is 1. The third-order valence-electron chi connectivity index (χ3n) is 2.03. The molecule has 0 aromatic rings. The maximum Gasteiger partial charge on any atom is 0.251 e. The summed E-state index contributed by atoms with van der Waals surface area (Å²) in [5, 5.41) is 0. The van der Waals surface area contributed by atoms with Crippen LogP contribution in [0.1, 0.15) is 12.8 Å². The monoisotopic (exact) mass is 236 g/mol. The van der Waals surface area contributed by atoms with E-state index in [1.807, 2.05) is 0 Å². The second-order valence-electron chi connectivity index (χ2n) is 3.03. The quantitative estimate of drug-likeness (QED) is 0.788. The zero-order chi connectivity index (χ0) is 8.27. The molecule has 0 aromatic carbocycles. The molecular formula is C7H16Cl2F2N2. The molecule has 2 N–H and O–H groups in total. The number of alkyl halides is 2. The number of nitrogens with two attached hydrogens (primary N) is 1. The number of nitrogens with zero attached hydrogens (tertiary/aromatic N) is 1. The number of hydrogen-bond donors (Lipinski definition) is 1. The summed E-state index contributed by atoms with van der Waals surface area (Å²) in [5.41, 5.74) is 5.61. The molecule has 1 saturated heterocycles. The zero-order valence-electron chi connectivity index (χ0n) is 7.29. The zero-order valence-corrected chi connectivity index (χ0v) is 8.92.